The molecule has 0 amide bonds. The minimum absolute atomic E-state index is 0.0285. The number of aryl methyl sites for hydroxylation is 1. The van der Waals surface area contributed by atoms with Crippen LogP contribution in [0.5, 0.6) is 0 Å². The van der Waals surface area contributed by atoms with E-state index >= 15 is 0 Å². The second kappa shape index (κ2) is 9.91. The second-order valence-electron chi connectivity index (χ2n) is 8.79. The van der Waals surface area contributed by atoms with Crippen LogP contribution < -0.4 is 0 Å². The van der Waals surface area contributed by atoms with Crippen molar-refractivity contribution in [3.63, 3.8) is 0 Å². The molecule has 1 aliphatic carbocycles. The van der Waals surface area contributed by atoms with Crippen LogP contribution in [0.3, 0.4) is 0 Å². The number of carbonyl (C=O) groups excluding carboxylic acids is 2. The Morgan fingerprint density at radius 1 is 1.07 bits per heavy atom. The highest BCUT2D eigenvalue weighted by atomic mass is 16.6. The van der Waals surface area contributed by atoms with Crippen molar-refractivity contribution in [2.45, 2.75) is 91.8 Å². The molecule has 1 aromatic rings. The number of esters is 2. The van der Waals surface area contributed by atoms with Crippen LogP contribution in [0.2, 0.25) is 0 Å². The SMILES string of the molecule is CC(C)C(=O)OC(C)(C)C.CCc1ccc(C(=O)OC2(C)CCCC2)cc1. The van der Waals surface area contributed by atoms with Gasteiger partial charge in [0.2, 0.25) is 0 Å². The van der Waals surface area contributed by atoms with Gasteiger partial charge in [0.05, 0.1) is 11.5 Å². The Hall–Kier alpha value is -1.84. The topological polar surface area (TPSA) is 52.6 Å². The third-order valence-corrected chi connectivity index (χ3v) is 4.48. The van der Waals surface area contributed by atoms with Gasteiger partial charge in [0, 0.05) is 0 Å². The van der Waals surface area contributed by atoms with E-state index in [0.717, 1.165) is 19.3 Å². The van der Waals surface area contributed by atoms with Crippen molar-refractivity contribution in [1.29, 1.82) is 0 Å². The Morgan fingerprint density at radius 2 is 1.59 bits per heavy atom. The number of ether oxygens (including phenoxy) is 2. The van der Waals surface area contributed by atoms with Crippen molar-refractivity contribution in [2.75, 3.05) is 0 Å². The molecule has 0 atom stereocenters. The van der Waals surface area contributed by atoms with Gasteiger partial charge in [-0.1, -0.05) is 32.9 Å². The molecule has 0 bridgehead atoms. The van der Waals surface area contributed by atoms with Crippen molar-refractivity contribution in [1.82, 2.24) is 0 Å². The van der Waals surface area contributed by atoms with Crippen LogP contribution in [0.15, 0.2) is 24.3 Å². The maximum Gasteiger partial charge on any atom is 0.338 e. The van der Waals surface area contributed by atoms with E-state index in [4.69, 9.17) is 9.47 Å². The lowest BCUT2D eigenvalue weighted by molar-refractivity contribution is -0.158. The number of hydrogen-bond acceptors (Lipinski definition) is 4. The quantitative estimate of drug-likeness (QED) is 0.630. The summed E-state index contributed by atoms with van der Waals surface area (Å²) in [5.41, 5.74) is 1.32. The molecule has 1 saturated carbocycles. The first-order chi connectivity index (χ1) is 12.5. The molecule has 4 nitrogen and oxygen atoms in total. The fourth-order valence-electron chi connectivity index (χ4n) is 2.80. The molecule has 0 unspecified atom stereocenters. The summed E-state index contributed by atoms with van der Waals surface area (Å²) in [4.78, 5) is 22.9. The molecule has 4 heteroatoms. The zero-order valence-corrected chi connectivity index (χ0v) is 18.1. The standard InChI is InChI=1S/C15H20O2.C8H16O2/c1-3-12-6-8-13(9-7-12)14(16)17-15(2)10-4-5-11-15;1-6(2)7(9)10-8(3,4)5/h6-9H,3-5,10-11H2,1-2H3;6H,1-5H3. The van der Waals surface area contributed by atoms with Gasteiger partial charge < -0.3 is 9.47 Å². The molecule has 1 aliphatic rings. The molecule has 0 aromatic heterocycles. The third kappa shape index (κ3) is 8.59. The lowest BCUT2D eigenvalue weighted by atomic mass is 10.1. The summed E-state index contributed by atoms with van der Waals surface area (Å²) in [6, 6.07) is 7.71. The van der Waals surface area contributed by atoms with E-state index in [1.54, 1.807) is 0 Å². The molecule has 1 fully saturated rings. The van der Waals surface area contributed by atoms with E-state index in [-0.39, 0.29) is 29.1 Å². The Kier molecular flexibility index (Phi) is 8.52. The van der Waals surface area contributed by atoms with E-state index in [2.05, 4.69) is 6.92 Å². The first-order valence-electron chi connectivity index (χ1n) is 10.0. The smallest absolute Gasteiger partial charge is 0.338 e. The monoisotopic (exact) mass is 376 g/mol. The Balaban J connectivity index is 0.000000314. The average molecular weight is 377 g/mol. The van der Waals surface area contributed by atoms with Gasteiger partial charge in [-0.3, -0.25) is 4.79 Å². The number of benzene rings is 1. The second-order valence-corrected chi connectivity index (χ2v) is 8.79. The largest absolute Gasteiger partial charge is 0.460 e. The highest BCUT2D eigenvalue weighted by Crippen LogP contribution is 2.33. The van der Waals surface area contributed by atoms with Crippen molar-refractivity contribution >= 4 is 11.9 Å². The van der Waals surface area contributed by atoms with Gasteiger partial charge >= 0.3 is 11.9 Å². The highest BCUT2D eigenvalue weighted by molar-refractivity contribution is 5.89. The molecule has 0 radical (unpaired) electrons. The minimum Gasteiger partial charge on any atom is -0.460 e. The number of hydrogen-bond donors (Lipinski definition) is 0. The molecule has 0 N–H and O–H groups in total. The van der Waals surface area contributed by atoms with E-state index < -0.39 is 0 Å². The Morgan fingerprint density at radius 3 is 1.96 bits per heavy atom. The van der Waals surface area contributed by atoms with E-state index in [1.807, 2.05) is 65.8 Å². The van der Waals surface area contributed by atoms with E-state index in [0.29, 0.717) is 5.56 Å². The summed E-state index contributed by atoms with van der Waals surface area (Å²) in [5.74, 6) is -0.344. The average Bonchev–Trinajstić information content (AvgIpc) is 3.00. The maximum atomic E-state index is 12.0. The molecule has 0 saturated heterocycles. The van der Waals surface area contributed by atoms with Gasteiger partial charge in [0.15, 0.2) is 0 Å². The number of carbonyl (C=O) groups is 2. The summed E-state index contributed by atoms with van der Waals surface area (Å²) in [6.07, 6.45) is 5.31. The molecule has 0 spiro atoms. The van der Waals surface area contributed by atoms with Crippen molar-refractivity contribution in [3.05, 3.63) is 35.4 Å². The van der Waals surface area contributed by atoms with Gasteiger partial charge in [-0.15, -0.1) is 0 Å². The van der Waals surface area contributed by atoms with Gasteiger partial charge in [-0.2, -0.15) is 0 Å². The summed E-state index contributed by atoms with van der Waals surface area (Å²) in [6.45, 7) is 13.4. The molecule has 27 heavy (non-hydrogen) atoms. The fraction of sp³-hybridized carbons (Fsp3) is 0.652. The molecule has 1 aromatic carbocycles. The Bertz CT molecular complexity index is 602. The van der Waals surface area contributed by atoms with Crippen LogP contribution in [0.1, 0.15) is 90.1 Å². The van der Waals surface area contributed by atoms with E-state index in [9.17, 15) is 9.59 Å². The molecular weight excluding hydrogens is 340 g/mol. The van der Waals surface area contributed by atoms with Gasteiger partial charge in [-0.25, -0.2) is 4.79 Å². The first kappa shape index (κ1) is 23.2. The molecule has 152 valence electrons. The van der Waals surface area contributed by atoms with Crippen LogP contribution in [-0.2, 0) is 20.7 Å². The van der Waals surface area contributed by atoms with Crippen LogP contribution in [-0.4, -0.2) is 23.1 Å². The molecule has 2 rings (SSSR count). The van der Waals surface area contributed by atoms with Crippen LogP contribution >= 0.6 is 0 Å². The summed E-state index contributed by atoms with van der Waals surface area (Å²) in [5, 5.41) is 0. The lowest BCUT2D eigenvalue weighted by Gasteiger charge is -2.24. The lowest BCUT2D eigenvalue weighted by Crippen LogP contribution is -2.28. The first-order valence-corrected chi connectivity index (χ1v) is 10.0. The summed E-state index contributed by atoms with van der Waals surface area (Å²) >= 11 is 0. The Labute approximate surface area is 164 Å². The summed E-state index contributed by atoms with van der Waals surface area (Å²) in [7, 11) is 0. The van der Waals surface area contributed by atoms with Crippen LogP contribution in [0, 0.1) is 5.92 Å². The summed E-state index contributed by atoms with van der Waals surface area (Å²) < 4.78 is 10.7. The van der Waals surface area contributed by atoms with Crippen LogP contribution in [0.25, 0.3) is 0 Å². The van der Waals surface area contributed by atoms with Gasteiger partial charge in [0.1, 0.15) is 11.2 Å². The number of rotatable bonds is 4. The zero-order chi connectivity index (χ0) is 20.7. The fourth-order valence-corrected chi connectivity index (χ4v) is 2.80. The third-order valence-electron chi connectivity index (χ3n) is 4.48. The zero-order valence-electron chi connectivity index (χ0n) is 18.1. The normalized spacial score (nSPS) is 15.7. The van der Waals surface area contributed by atoms with Gasteiger partial charge in [-0.05, 0) is 77.5 Å². The van der Waals surface area contributed by atoms with Crippen molar-refractivity contribution in [3.8, 4) is 0 Å². The molecular formula is C23H36O4. The van der Waals surface area contributed by atoms with Crippen molar-refractivity contribution < 1.29 is 19.1 Å². The minimum atomic E-state index is -0.346. The van der Waals surface area contributed by atoms with Crippen LogP contribution in [0.4, 0.5) is 0 Å². The predicted molar refractivity (Wildman–Crippen MR) is 109 cm³/mol. The predicted octanol–water partition coefficient (Wildman–Crippen LogP) is 5.72. The maximum absolute atomic E-state index is 12.0. The molecule has 0 heterocycles. The van der Waals surface area contributed by atoms with E-state index in [1.165, 1.54) is 18.4 Å². The van der Waals surface area contributed by atoms with Gasteiger partial charge in [0.25, 0.3) is 0 Å². The highest BCUT2D eigenvalue weighted by Gasteiger charge is 2.32. The van der Waals surface area contributed by atoms with Crippen molar-refractivity contribution in [2.24, 2.45) is 5.92 Å². The molecule has 0 aliphatic heterocycles.